The minimum absolute atomic E-state index is 0.152. The summed E-state index contributed by atoms with van der Waals surface area (Å²) in [6, 6.07) is 6.73. The first kappa shape index (κ1) is 19.7. The Morgan fingerprint density at radius 3 is 2.28 bits per heavy atom. The van der Waals surface area contributed by atoms with Gasteiger partial charge in [-0.15, -0.1) is 0 Å². The van der Waals surface area contributed by atoms with Crippen LogP contribution >= 0.6 is 0 Å². The molecule has 1 saturated heterocycles. The maximum atomic E-state index is 11.1. The molecule has 6 heteroatoms. The molecule has 1 aromatic heterocycles. The van der Waals surface area contributed by atoms with Crippen LogP contribution in [0.4, 0.5) is 10.6 Å². The van der Waals surface area contributed by atoms with E-state index < -0.39 is 6.09 Å². The summed E-state index contributed by atoms with van der Waals surface area (Å²) in [5.74, 6) is 0.810. The molecule has 1 aliphatic carbocycles. The van der Waals surface area contributed by atoms with E-state index in [1.807, 2.05) is 6.20 Å². The van der Waals surface area contributed by atoms with E-state index in [-0.39, 0.29) is 10.8 Å². The lowest BCUT2D eigenvalue weighted by Crippen LogP contribution is -2.48. The van der Waals surface area contributed by atoms with E-state index in [0.29, 0.717) is 26.2 Å². The summed E-state index contributed by atoms with van der Waals surface area (Å²) < 4.78 is 0. The number of piperazine rings is 1. The van der Waals surface area contributed by atoms with Crippen molar-refractivity contribution >= 4 is 11.9 Å². The molecule has 2 aliphatic rings. The second-order valence-electron chi connectivity index (χ2n) is 9.55. The molecule has 0 saturated carbocycles. The van der Waals surface area contributed by atoms with Gasteiger partial charge in [0.15, 0.2) is 0 Å². The highest BCUT2D eigenvalue weighted by molar-refractivity contribution is 5.66. The zero-order valence-electron chi connectivity index (χ0n) is 17.8. The Balaban J connectivity index is 1.64. The van der Waals surface area contributed by atoms with Gasteiger partial charge >= 0.3 is 6.09 Å². The lowest BCUT2D eigenvalue weighted by Gasteiger charge is -2.42. The molecule has 29 heavy (non-hydrogen) atoms. The molecule has 1 aliphatic heterocycles. The Morgan fingerprint density at radius 2 is 1.62 bits per heavy atom. The van der Waals surface area contributed by atoms with Crippen molar-refractivity contribution in [2.24, 2.45) is 0 Å². The molecule has 1 amide bonds. The Kier molecular flexibility index (Phi) is 4.75. The van der Waals surface area contributed by atoms with Gasteiger partial charge in [-0.3, -0.25) is 4.98 Å². The van der Waals surface area contributed by atoms with Crippen LogP contribution in [0, 0.1) is 0 Å². The number of fused-ring (bicyclic) bond motifs is 1. The largest absolute Gasteiger partial charge is 0.465 e. The molecule has 6 nitrogen and oxygen atoms in total. The van der Waals surface area contributed by atoms with Gasteiger partial charge in [-0.05, 0) is 40.9 Å². The molecule has 0 radical (unpaired) electrons. The lowest BCUT2D eigenvalue weighted by molar-refractivity contribution is 0.142. The van der Waals surface area contributed by atoms with E-state index in [9.17, 15) is 4.79 Å². The van der Waals surface area contributed by atoms with E-state index in [0.717, 1.165) is 17.1 Å². The van der Waals surface area contributed by atoms with Crippen LogP contribution in [-0.4, -0.2) is 52.2 Å². The Hall–Kier alpha value is -2.63. The standard InChI is InChI=1S/C23H30N4O2/c1-22(2)7-8-23(3,4)18-13-16(5-6-17(18)22)19-14-24-15-20(25-19)26-9-11-27(12-10-26)21(28)29/h5-6,13-15H,7-12H2,1-4H3,(H,28,29). The molecule has 0 atom stereocenters. The first-order chi connectivity index (χ1) is 13.7. The number of amides is 1. The third-order valence-corrected chi connectivity index (χ3v) is 6.64. The topological polar surface area (TPSA) is 69.6 Å². The Bertz CT molecular complexity index is 930. The van der Waals surface area contributed by atoms with Gasteiger partial charge in [0.1, 0.15) is 5.82 Å². The third kappa shape index (κ3) is 3.68. The molecule has 1 aromatic carbocycles. The van der Waals surface area contributed by atoms with Crippen molar-refractivity contribution in [2.75, 3.05) is 31.1 Å². The number of aromatic nitrogens is 2. The number of carboxylic acid groups (broad SMARTS) is 1. The van der Waals surface area contributed by atoms with Gasteiger partial charge in [-0.1, -0.05) is 39.8 Å². The molecule has 4 rings (SSSR count). The van der Waals surface area contributed by atoms with E-state index in [1.165, 1.54) is 28.9 Å². The molecule has 2 heterocycles. The highest BCUT2D eigenvalue weighted by atomic mass is 16.4. The van der Waals surface area contributed by atoms with Crippen molar-refractivity contribution < 1.29 is 9.90 Å². The number of hydrogen-bond donors (Lipinski definition) is 1. The summed E-state index contributed by atoms with van der Waals surface area (Å²) in [7, 11) is 0. The predicted molar refractivity (Wildman–Crippen MR) is 115 cm³/mol. The normalized spacial score (nSPS) is 20.3. The number of anilines is 1. The van der Waals surface area contributed by atoms with Gasteiger partial charge in [-0.2, -0.15) is 0 Å². The molecular formula is C23H30N4O2. The fourth-order valence-corrected chi connectivity index (χ4v) is 4.52. The fraction of sp³-hybridized carbons (Fsp3) is 0.522. The van der Waals surface area contributed by atoms with Crippen molar-refractivity contribution in [3.05, 3.63) is 41.7 Å². The van der Waals surface area contributed by atoms with Crippen LogP contribution < -0.4 is 4.90 Å². The number of hydrogen-bond acceptors (Lipinski definition) is 4. The summed E-state index contributed by atoms with van der Waals surface area (Å²) in [5.41, 5.74) is 5.15. The Morgan fingerprint density at radius 1 is 0.966 bits per heavy atom. The van der Waals surface area contributed by atoms with Crippen molar-refractivity contribution in [1.82, 2.24) is 14.9 Å². The second kappa shape index (κ2) is 7.01. The highest BCUT2D eigenvalue weighted by Gasteiger charge is 2.37. The first-order valence-electron chi connectivity index (χ1n) is 10.4. The van der Waals surface area contributed by atoms with Gasteiger partial charge in [0.05, 0.1) is 18.1 Å². The van der Waals surface area contributed by atoms with Crippen LogP contribution in [0.2, 0.25) is 0 Å². The quantitative estimate of drug-likeness (QED) is 0.823. The first-order valence-corrected chi connectivity index (χ1v) is 10.4. The van der Waals surface area contributed by atoms with Crippen LogP contribution in [0.1, 0.15) is 51.7 Å². The zero-order chi connectivity index (χ0) is 20.8. The van der Waals surface area contributed by atoms with E-state index in [2.05, 4.69) is 55.8 Å². The maximum Gasteiger partial charge on any atom is 0.407 e. The highest BCUT2D eigenvalue weighted by Crippen LogP contribution is 2.46. The molecule has 0 spiro atoms. The molecule has 2 aromatic rings. The minimum Gasteiger partial charge on any atom is -0.465 e. The second-order valence-corrected chi connectivity index (χ2v) is 9.55. The monoisotopic (exact) mass is 394 g/mol. The van der Waals surface area contributed by atoms with Crippen molar-refractivity contribution in [2.45, 2.75) is 51.4 Å². The summed E-state index contributed by atoms with van der Waals surface area (Å²) in [6.45, 7) is 11.6. The summed E-state index contributed by atoms with van der Waals surface area (Å²) in [4.78, 5) is 24.0. The van der Waals surface area contributed by atoms with E-state index in [1.54, 1.807) is 6.20 Å². The molecule has 0 unspecified atom stereocenters. The maximum absolute atomic E-state index is 11.1. The average Bonchev–Trinajstić information content (AvgIpc) is 2.71. The van der Waals surface area contributed by atoms with Crippen molar-refractivity contribution in [1.29, 1.82) is 0 Å². The fourth-order valence-electron chi connectivity index (χ4n) is 4.52. The number of carbonyl (C=O) groups is 1. The Labute approximate surface area is 172 Å². The molecular weight excluding hydrogens is 364 g/mol. The summed E-state index contributed by atoms with van der Waals surface area (Å²) >= 11 is 0. The van der Waals surface area contributed by atoms with Crippen molar-refractivity contribution in [3.8, 4) is 11.3 Å². The van der Waals surface area contributed by atoms with Crippen molar-refractivity contribution in [3.63, 3.8) is 0 Å². The van der Waals surface area contributed by atoms with E-state index >= 15 is 0 Å². The number of benzene rings is 1. The third-order valence-electron chi connectivity index (χ3n) is 6.64. The van der Waals surface area contributed by atoms with Gasteiger partial charge in [0.25, 0.3) is 0 Å². The zero-order valence-corrected chi connectivity index (χ0v) is 17.8. The van der Waals surface area contributed by atoms with Gasteiger partial charge in [-0.25, -0.2) is 9.78 Å². The minimum atomic E-state index is -0.857. The van der Waals surface area contributed by atoms with Crippen LogP contribution in [-0.2, 0) is 10.8 Å². The van der Waals surface area contributed by atoms with Crippen LogP contribution in [0.3, 0.4) is 0 Å². The molecule has 154 valence electrons. The number of nitrogens with zero attached hydrogens (tertiary/aromatic N) is 4. The van der Waals surface area contributed by atoms with Crippen LogP contribution in [0.25, 0.3) is 11.3 Å². The summed E-state index contributed by atoms with van der Waals surface area (Å²) in [6.07, 6.45) is 5.11. The van der Waals surface area contributed by atoms with Gasteiger partial charge in [0, 0.05) is 31.7 Å². The number of rotatable bonds is 2. The molecule has 1 fully saturated rings. The SMILES string of the molecule is CC1(C)CCC(C)(C)c2cc(-c3cncc(N4CCN(C(=O)O)CC4)n3)ccc21. The van der Waals surface area contributed by atoms with Gasteiger partial charge in [0.2, 0.25) is 0 Å². The van der Waals surface area contributed by atoms with E-state index in [4.69, 9.17) is 10.1 Å². The molecule has 1 N–H and O–H groups in total. The smallest absolute Gasteiger partial charge is 0.407 e. The van der Waals surface area contributed by atoms with Gasteiger partial charge < -0.3 is 14.9 Å². The van der Waals surface area contributed by atoms with Crippen LogP contribution in [0.15, 0.2) is 30.6 Å². The predicted octanol–water partition coefficient (Wildman–Crippen LogP) is 4.29. The average molecular weight is 395 g/mol. The van der Waals surface area contributed by atoms with Crippen LogP contribution in [0.5, 0.6) is 0 Å². The molecule has 0 bridgehead atoms. The lowest BCUT2D eigenvalue weighted by atomic mass is 9.63. The summed E-state index contributed by atoms with van der Waals surface area (Å²) in [5, 5.41) is 9.14.